The number of nitrogens with one attached hydrogen (secondary N) is 2. The van der Waals surface area contributed by atoms with Gasteiger partial charge < -0.3 is 9.97 Å². The molecule has 3 aromatic heterocycles. The van der Waals surface area contributed by atoms with E-state index in [1.54, 1.807) is 11.3 Å². The van der Waals surface area contributed by atoms with E-state index in [4.69, 9.17) is 4.98 Å². The molecule has 5 rings (SSSR count). The van der Waals surface area contributed by atoms with Crippen molar-refractivity contribution >= 4 is 44.2 Å². The first-order chi connectivity index (χ1) is 11.8. The number of H-pyrrole nitrogens is 2. The molecule has 0 saturated carbocycles. The van der Waals surface area contributed by atoms with Crippen LogP contribution in [-0.2, 0) is 18.6 Å². The average molecular weight is 353 g/mol. The number of aromatic nitrogens is 3. The van der Waals surface area contributed by atoms with Crippen LogP contribution in [0.15, 0.2) is 35.3 Å². The van der Waals surface area contributed by atoms with Gasteiger partial charge in [-0.05, 0) is 29.4 Å². The molecule has 2 N–H and O–H groups in total. The third kappa shape index (κ3) is 2.21. The van der Waals surface area contributed by atoms with Crippen molar-refractivity contribution in [1.29, 1.82) is 0 Å². The van der Waals surface area contributed by atoms with Gasteiger partial charge in [-0.15, -0.1) is 11.3 Å². The third-order valence-electron chi connectivity index (χ3n) is 4.56. The van der Waals surface area contributed by atoms with Gasteiger partial charge in [-0.2, -0.15) is 11.8 Å². The summed E-state index contributed by atoms with van der Waals surface area (Å²) in [4.78, 5) is 25.9. The Kier molecular flexibility index (Phi) is 3.28. The molecular weight excluding hydrogens is 338 g/mol. The Balaban J connectivity index is 1.61. The van der Waals surface area contributed by atoms with Crippen molar-refractivity contribution < 1.29 is 0 Å². The van der Waals surface area contributed by atoms with Gasteiger partial charge in [0.25, 0.3) is 5.56 Å². The monoisotopic (exact) mass is 353 g/mol. The smallest absolute Gasteiger partial charge is 0.259 e. The average Bonchev–Trinajstić information content (AvgIpc) is 3.16. The van der Waals surface area contributed by atoms with Gasteiger partial charge in [-0.3, -0.25) is 4.79 Å². The lowest BCUT2D eigenvalue weighted by Gasteiger charge is -2.09. The fourth-order valence-corrected chi connectivity index (χ4v) is 5.79. The molecule has 1 aliphatic heterocycles. The van der Waals surface area contributed by atoms with Crippen LogP contribution in [0.2, 0.25) is 0 Å². The summed E-state index contributed by atoms with van der Waals surface area (Å²) in [7, 11) is 0. The molecule has 6 heteroatoms. The molecule has 24 heavy (non-hydrogen) atoms. The van der Waals surface area contributed by atoms with Crippen LogP contribution in [0, 0.1) is 0 Å². The Bertz CT molecular complexity index is 1120. The first-order valence-corrected chi connectivity index (χ1v) is 9.93. The number of nitrogens with zero attached hydrogens (tertiary/aromatic N) is 1. The van der Waals surface area contributed by atoms with Crippen molar-refractivity contribution in [3.05, 3.63) is 62.6 Å². The van der Waals surface area contributed by atoms with Gasteiger partial charge >= 0.3 is 0 Å². The van der Waals surface area contributed by atoms with E-state index in [1.807, 2.05) is 30.1 Å². The van der Waals surface area contributed by atoms with E-state index in [9.17, 15) is 4.79 Å². The molecule has 4 heterocycles. The second kappa shape index (κ2) is 5.50. The van der Waals surface area contributed by atoms with Crippen molar-refractivity contribution in [3.63, 3.8) is 0 Å². The van der Waals surface area contributed by atoms with Crippen LogP contribution in [0.3, 0.4) is 0 Å². The lowest BCUT2D eigenvalue weighted by molar-refractivity contribution is 0.979. The normalized spacial score (nSPS) is 14.3. The number of rotatable bonds is 2. The van der Waals surface area contributed by atoms with E-state index < -0.39 is 0 Å². The molecule has 0 atom stereocenters. The molecule has 4 nitrogen and oxygen atoms in total. The van der Waals surface area contributed by atoms with Gasteiger partial charge in [0.05, 0.1) is 5.39 Å². The Morgan fingerprint density at radius 3 is 3.12 bits per heavy atom. The summed E-state index contributed by atoms with van der Waals surface area (Å²) in [6.45, 7) is 0. The van der Waals surface area contributed by atoms with Gasteiger partial charge in [-0.25, -0.2) is 4.98 Å². The molecule has 1 aliphatic rings. The van der Waals surface area contributed by atoms with Crippen LogP contribution in [0.25, 0.3) is 21.1 Å². The highest BCUT2D eigenvalue weighted by Crippen LogP contribution is 2.35. The highest BCUT2D eigenvalue weighted by molar-refractivity contribution is 7.98. The van der Waals surface area contributed by atoms with Crippen LogP contribution in [-0.4, -0.2) is 20.7 Å². The fraction of sp³-hybridized carbons (Fsp3) is 0.222. The lowest BCUT2D eigenvalue weighted by Crippen LogP contribution is -2.13. The number of benzene rings is 1. The molecule has 0 spiro atoms. The summed E-state index contributed by atoms with van der Waals surface area (Å²) >= 11 is 3.62. The minimum Gasteiger partial charge on any atom is -0.361 e. The molecule has 0 bridgehead atoms. The number of aromatic amines is 2. The molecule has 0 fully saturated rings. The largest absolute Gasteiger partial charge is 0.361 e. The molecule has 0 radical (unpaired) electrons. The minimum absolute atomic E-state index is 0.0132. The Labute approximate surface area is 146 Å². The summed E-state index contributed by atoms with van der Waals surface area (Å²) < 4.78 is 0. The molecule has 0 saturated heterocycles. The zero-order chi connectivity index (χ0) is 16.1. The SMILES string of the molecule is O=c1[nH]c(Cc2c[nH]c3ccccc23)nc2sc3c(c12)CCSC3. The molecule has 4 aromatic rings. The zero-order valence-electron chi connectivity index (χ0n) is 12.9. The highest BCUT2D eigenvalue weighted by Gasteiger charge is 2.20. The van der Waals surface area contributed by atoms with Crippen molar-refractivity contribution in [1.82, 2.24) is 15.0 Å². The quantitative estimate of drug-likeness (QED) is 0.575. The first-order valence-electron chi connectivity index (χ1n) is 7.96. The minimum atomic E-state index is 0.0132. The van der Waals surface area contributed by atoms with Crippen molar-refractivity contribution in [2.24, 2.45) is 0 Å². The molecule has 0 aliphatic carbocycles. The van der Waals surface area contributed by atoms with Gasteiger partial charge in [0.2, 0.25) is 0 Å². The number of fused-ring (bicyclic) bond motifs is 4. The first kappa shape index (κ1) is 14.3. The van der Waals surface area contributed by atoms with Crippen LogP contribution in [0.1, 0.15) is 21.8 Å². The topological polar surface area (TPSA) is 61.5 Å². The highest BCUT2D eigenvalue weighted by atomic mass is 32.2. The zero-order valence-corrected chi connectivity index (χ0v) is 14.5. The summed E-state index contributed by atoms with van der Waals surface area (Å²) in [6.07, 6.45) is 3.62. The number of hydrogen-bond donors (Lipinski definition) is 2. The van der Waals surface area contributed by atoms with E-state index in [-0.39, 0.29) is 5.56 Å². The second-order valence-corrected chi connectivity index (χ2v) is 8.22. The maximum absolute atomic E-state index is 12.6. The number of thiophene rings is 1. The van der Waals surface area contributed by atoms with Crippen LogP contribution >= 0.6 is 23.1 Å². The molecule has 0 unspecified atom stereocenters. The summed E-state index contributed by atoms with van der Waals surface area (Å²) in [5, 5.41) is 2.00. The van der Waals surface area contributed by atoms with Gasteiger partial charge in [-0.1, -0.05) is 18.2 Å². The molecule has 120 valence electrons. The van der Waals surface area contributed by atoms with E-state index in [0.717, 1.165) is 45.0 Å². The summed E-state index contributed by atoms with van der Waals surface area (Å²) in [6, 6.07) is 8.20. The summed E-state index contributed by atoms with van der Waals surface area (Å²) in [5.74, 6) is 2.84. The van der Waals surface area contributed by atoms with Crippen molar-refractivity contribution in [3.8, 4) is 0 Å². The maximum atomic E-state index is 12.6. The number of hydrogen-bond acceptors (Lipinski definition) is 4. The molecular formula is C18H15N3OS2. The third-order valence-corrected chi connectivity index (χ3v) is 6.85. The molecule has 1 aromatic carbocycles. The van der Waals surface area contributed by atoms with Gasteiger partial charge in [0.15, 0.2) is 0 Å². The van der Waals surface area contributed by atoms with Gasteiger partial charge in [0.1, 0.15) is 10.7 Å². The van der Waals surface area contributed by atoms with Crippen molar-refractivity contribution in [2.45, 2.75) is 18.6 Å². The van der Waals surface area contributed by atoms with E-state index in [2.05, 4.69) is 22.1 Å². The van der Waals surface area contributed by atoms with Crippen LogP contribution in [0.4, 0.5) is 0 Å². The van der Waals surface area contributed by atoms with Crippen LogP contribution < -0.4 is 5.56 Å². The van der Waals surface area contributed by atoms with Gasteiger partial charge in [0, 0.05) is 34.2 Å². The number of aryl methyl sites for hydroxylation is 1. The van der Waals surface area contributed by atoms with E-state index >= 15 is 0 Å². The molecule has 0 amide bonds. The Morgan fingerprint density at radius 2 is 2.17 bits per heavy atom. The van der Waals surface area contributed by atoms with Crippen molar-refractivity contribution in [2.75, 3.05) is 5.75 Å². The second-order valence-electron chi connectivity index (χ2n) is 6.04. The van der Waals surface area contributed by atoms with E-state index in [1.165, 1.54) is 15.8 Å². The Morgan fingerprint density at radius 1 is 1.25 bits per heavy atom. The predicted molar refractivity (Wildman–Crippen MR) is 101 cm³/mol. The Hall–Kier alpha value is -2.05. The maximum Gasteiger partial charge on any atom is 0.259 e. The lowest BCUT2D eigenvalue weighted by atomic mass is 10.1. The number of thioether (sulfide) groups is 1. The van der Waals surface area contributed by atoms with E-state index in [0.29, 0.717) is 6.42 Å². The summed E-state index contributed by atoms with van der Waals surface area (Å²) in [5.41, 5.74) is 3.50. The van der Waals surface area contributed by atoms with Crippen LogP contribution in [0.5, 0.6) is 0 Å². The standard InChI is InChI=1S/C18H15N3OS2/c22-17-16-12-5-6-23-9-14(12)24-18(16)21-15(20-17)7-10-8-19-13-4-2-1-3-11(10)13/h1-4,8,19H,5-7,9H2,(H,20,21,22). The fourth-order valence-electron chi connectivity index (χ4n) is 3.42. The predicted octanol–water partition coefficient (Wildman–Crippen LogP) is 3.85. The number of para-hydroxylation sites is 1.